The van der Waals surface area contributed by atoms with Crippen LogP contribution in [0.5, 0.6) is 0 Å². The number of hydrogen-bond acceptors (Lipinski definition) is 2. The normalized spacial score (nSPS) is 19.5. The van der Waals surface area contributed by atoms with Crippen LogP contribution in [0.3, 0.4) is 0 Å². The molecule has 1 fully saturated rings. The molecule has 0 aromatic heterocycles. The zero-order chi connectivity index (χ0) is 12.1. The first-order valence-corrected chi connectivity index (χ1v) is 6.94. The minimum Gasteiger partial charge on any atom is -0.313 e. The summed E-state index contributed by atoms with van der Waals surface area (Å²) in [6.07, 6.45) is 4.36. The Balaban J connectivity index is 2.34. The summed E-state index contributed by atoms with van der Waals surface area (Å²) in [6.45, 7) is 11.5. The third kappa shape index (κ3) is 4.42. The average molecular weight is 226 g/mol. The Morgan fingerprint density at radius 2 is 1.81 bits per heavy atom. The second kappa shape index (κ2) is 6.61. The van der Waals surface area contributed by atoms with E-state index in [1.165, 1.54) is 25.8 Å². The predicted octanol–water partition coefficient (Wildman–Crippen LogP) is 2.74. The minimum absolute atomic E-state index is 0.596. The van der Waals surface area contributed by atoms with Crippen LogP contribution >= 0.6 is 0 Å². The summed E-state index contributed by atoms with van der Waals surface area (Å²) in [5.74, 6) is 1.71. The van der Waals surface area contributed by atoms with E-state index in [4.69, 9.17) is 0 Å². The van der Waals surface area contributed by atoms with Crippen molar-refractivity contribution in [2.24, 2.45) is 11.8 Å². The van der Waals surface area contributed by atoms with E-state index in [-0.39, 0.29) is 0 Å². The molecule has 0 aliphatic heterocycles. The zero-order valence-corrected chi connectivity index (χ0v) is 11.8. The molecule has 0 amide bonds. The van der Waals surface area contributed by atoms with Crippen LogP contribution in [0.4, 0.5) is 0 Å². The third-order valence-electron chi connectivity index (χ3n) is 3.84. The molecule has 0 radical (unpaired) electrons. The number of nitrogens with one attached hydrogen (secondary N) is 1. The lowest BCUT2D eigenvalue weighted by molar-refractivity contribution is 0.130. The quantitative estimate of drug-likeness (QED) is 0.718. The lowest BCUT2D eigenvalue weighted by atomic mass is 9.84. The van der Waals surface area contributed by atoms with E-state index in [2.05, 4.69) is 45.0 Å². The van der Waals surface area contributed by atoms with Crippen molar-refractivity contribution >= 4 is 0 Å². The fraction of sp³-hybridized carbons (Fsp3) is 1.00. The number of hydrogen-bond donors (Lipinski definition) is 1. The predicted molar refractivity (Wildman–Crippen MR) is 71.7 cm³/mol. The summed E-state index contributed by atoms with van der Waals surface area (Å²) >= 11 is 0. The number of likely N-dealkylation sites (N-methyl/N-ethyl adjacent to an activating group) is 1. The monoisotopic (exact) mass is 226 g/mol. The van der Waals surface area contributed by atoms with Crippen molar-refractivity contribution < 1.29 is 0 Å². The van der Waals surface area contributed by atoms with Gasteiger partial charge >= 0.3 is 0 Å². The molecule has 2 nitrogen and oxygen atoms in total. The molecule has 1 atom stereocenters. The summed E-state index contributed by atoms with van der Waals surface area (Å²) in [5, 5.41) is 3.58. The molecule has 0 bridgehead atoms. The van der Waals surface area contributed by atoms with Crippen LogP contribution < -0.4 is 5.32 Å². The first-order valence-electron chi connectivity index (χ1n) is 6.94. The maximum atomic E-state index is 3.58. The lowest BCUT2D eigenvalue weighted by Gasteiger charge is -2.37. The molecule has 96 valence electrons. The van der Waals surface area contributed by atoms with Crippen molar-refractivity contribution in [1.82, 2.24) is 10.2 Å². The Kier molecular flexibility index (Phi) is 5.77. The number of nitrogens with zero attached hydrogens (tertiary/aromatic N) is 1. The van der Waals surface area contributed by atoms with Gasteiger partial charge in [0.05, 0.1) is 0 Å². The first kappa shape index (κ1) is 14.0. The lowest BCUT2D eigenvalue weighted by Crippen LogP contribution is -2.47. The van der Waals surface area contributed by atoms with E-state index in [1.807, 2.05) is 0 Å². The summed E-state index contributed by atoms with van der Waals surface area (Å²) in [6, 6.07) is 1.28. The van der Waals surface area contributed by atoms with Crippen molar-refractivity contribution in [1.29, 1.82) is 0 Å². The highest BCUT2D eigenvalue weighted by atomic mass is 15.2. The highest BCUT2D eigenvalue weighted by Crippen LogP contribution is 2.27. The molecule has 1 aliphatic rings. The van der Waals surface area contributed by atoms with Crippen LogP contribution in [0, 0.1) is 11.8 Å². The van der Waals surface area contributed by atoms with E-state index in [1.54, 1.807) is 0 Å². The second-order valence-electron chi connectivity index (χ2n) is 6.11. The average Bonchev–Trinajstić information content (AvgIpc) is 2.10. The van der Waals surface area contributed by atoms with Gasteiger partial charge in [0.15, 0.2) is 0 Å². The zero-order valence-electron chi connectivity index (χ0n) is 11.8. The van der Waals surface area contributed by atoms with Gasteiger partial charge in [-0.1, -0.05) is 34.1 Å². The highest BCUT2D eigenvalue weighted by molar-refractivity contribution is 4.80. The molecule has 1 unspecified atom stereocenters. The van der Waals surface area contributed by atoms with E-state index in [0.717, 1.165) is 18.4 Å². The van der Waals surface area contributed by atoms with Crippen molar-refractivity contribution in [3.8, 4) is 0 Å². The van der Waals surface area contributed by atoms with Gasteiger partial charge in [-0.05, 0) is 31.7 Å². The van der Waals surface area contributed by atoms with E-state index in [9.17, 15) is 0 Å². The molecular formula is C14H30N2. The van der Waals surface area contributed by atoms with Crippen LogP contribution in [0.2, 0.25) is 0 Å². The minimum atomic E-state index is 0.596. The Morgan fingerprint density at radius 3 is 2.19 bits per heavy atom. The van der Waals surface area contributed by atoms with Crippen LogP contribution in [-0.2, 0) is 0 Å². The van der Waals surface area contributed by atoms with Gasteiger partial charge < -0.3 is 10.2 Å². The second-order valence-corrected chi connectivity index (χ2v) is 6.11. The summed E-state index contributed by atoms with van der Waals surface area (Å²) < 4.78 is 0. The van der Waals surface area contributed by atoms with Gasteiger partial charge in [0.1, 0.15) is 0 Å². The molecule has 1 aliphatic carbocycles. The summed E-state index contributed by atoms with van der Waals surface area (Å²) in [5.41, 5.74) is 0. The van der Waals surface area contributed by atoms with E-state index < -0.39 is 0 Å². The van der Waals surface area contributed by atoms with Crippen LogP contribution in [0.25, 0.3) is 0 Å². The van der Waals surface area contributed by atoms with Crippen LogP contribution in [0.15, 0.2) is 0 Å². The molecule has 16 heavy (non-hydrogen) atoms. The SMILES string of the molecule is CC(C)NCC(C(C)C)N(C)CC1CCC1. The standard InChI is InChI=1S/C14H30N2/c1-11(2)14(9-15-12(3)4)16(5)10-13-7-6-8-13/h11-15H,6-10H2,1-5H3. The first-order chi connectivity index (χ1) is 7.50. The molecule has 0 aromatic carbocycles. The van der Waals surface area contributed by atoms with Crippen molar-refractivity contribution in [3.05, 3.63) is 0 Å². The molecule has 0 aromatic rings. The Labute approximate surface area is 102 Å². The van der Waals surface area contributed by atoms with Crippen molar-refractivity contribution in [3.63, 3.8) is 0 Å². The van der Waals surface area contributed by atoms with Crippen molar-refractivity contribution in [2.75, 3.05) is 20.1 Å². The Bertz CT molecular complexity index is 185. The Hall–Kier alpha value is -0.0800. The molecule has 1 rings (SSSR count). The van der Waals surface area contributed by atoms with E-state index in [0.29, 0.717) is 12.1 Å². The molecular weight excluding hydrogens is 196 g/mol. The number of rotatable bonds is 7. The fourth-order valence-corrected chi connectivity index (χ4v) is 2.47. The maximum Gasteiger partial charge on any atom is 0.0240 e. The molecule has 1 saturated carbocycles. The van der Waals surface area contributed by atoms with Gasteiger partial charge in [0, 0.05) is 25.2 Å². The van der Waals surface area contributed by atoms with E-state index >= 15 is 0 Å². The fourth-order valence-electron chi connectivity index (χ4n) is 2.47. The smallest absolute Gasteiger partial charge is 0.0240 e. The van der Waals surface area contributed by atoms with Gasteiger partial charge in [-0.25, -0.2) is 0 Å². The van der Waals surface area contributed by atoms with Crippen molar-refractivity contribution in [2.45, 2.75) is 59.0 Å². The van der Waals surface area contributed by atoms with Crippen LogP contribution in [-0.4, -0.2) is 37.1 Å². The third-order valence-corrected chi connectivity index (χ3v) is 3.84. The molecule has 0 heterocycles. The topological polar surface area (TPSA) is 15.3 Å². The van der Waals surface area contributed by atoms with Gasteiger partial charge in [-0.15, -0.1) is 0 Å². The van der Waals surface area contributed by atoms with Gasteiger partial charge in [0.2, 0.25) is 0 Å². The van der Waals surface area contributed by atoms with Gasteiger partial charge in [-0.2, -0.15) is 0 Å². The van der Waals surface area contributed by atoms with Crippen LogP contribution in [0.1, 0.15) is 47.0 Å². The summed E-state index contributed by atoms with van der Waals surface area (Å²) in [7, 11) is 2.30. The largest absolute Gasteiger partial charge is 0.313 e. The van der Waals surface area contributed by atoms with Gasteiger partial charge in [-0.3, -0.25) is 0 Å². The maximum absolute atomic E-state index is 3.58. The molecule has 2 heteroatoms. The summed E-state index contributed by atoms with van der Waals surface area (Å²) in [4.78, 5) is 2.57. The van der Waals surface area contributed by atoms with Gasteiger partial charge in [0.25, 0.3) is 0 Å². The molecule has 0 spiro atoms. The molecule has 0 saturated heterocycles. The molecule has 1 N–H and O–H groups in total. The Morgan fingerprint density at radius 1 is 1.19 bits per heavy atom. The highest BCUT2D eigenvalue weighted by Gasteiger charge is 2.24.